The molecule has 1 aromatic rings. The van der Waals surface area contributed by atoms with Crippen molar-refractivity contribution in [1.29, 1.82) is 0 Å². The molecular formula is C11H15NO4. The van der Waals surface area contributed by atoms with Crippen LogP contribution in [0.2, 0.25) is 0 Å². The molecule has 0 unspecified atom stereocenters. The zero-order valence-corrected chi connectivity index (χ0v) is 9.06. The quantitative estimate of drug-likeness (QED) is 0.534. The fraction of sp³-hybridized carbons (Fsp3) is 0.364. The summed E-state index contributed by atoms with van der Waals surface area (Å²) in [4.78, 5) is 10.7. The van der Waals surface area contributed by atoms with Gasteiger partial charge >= 0.3 is 6.09 Å². The smallest absolute Gasteiger partial charge is 0.406 e. The standard InChI is InChI=1S/C11H15NO4/c1-16-11(15)12-6-2-3-8-4-5-9(13)10(14)7-8/h4-5,7,13-14H,2-3,6H2,1H3,(H,12,15). The minimum atomic E-state index is -0.450. The SMILES string of the molecule is COC(=O)NCCCc1ccc(O)c(O)c1. The lowest BCUT2D eigenvalue weighted by Crippen LogP contribution is -2.24. The van der Waals surface area contributed by atoms with Gasteiger partial charge in [-0.3, -0.25) is 0 Å². The van der Waals surface area contributed by atoms with Gasteiger partial charge < -0.3 is 20.3 Å². The molecule has 0 spiro atoms. The molecule has 5 nitrogen and oxygen atoms in total. The van der Waals surface area contributed by atoms with Crippen LogP contribution < -0.4 is 5.32 Å². The maximum Gasteiger partial charge on any atom is 0.406 e. The lowest BCUT2D eigenvalue weighted by molar-refractivity contribution is 0.171. The Balaban J connectivity index is 2.32. The van der Waals surface area contributed by atoms with Crippen molar-refractivity contribution in [2.45, 2.75) is 12.8 Å². The van der Waals surface area contributed by atoms with E-state index >= 15 is 0 Å². The summed E-state index contributed by atoms with van der Waals surface area (Å²) in [6, 6.07) is 4.68. The van der Waals surface area contributed by atoms with Gasteiger partial charge in [0.2, 0.25) is 0 Å². The molecule has 1 amide bonds. The molecule has 0 atom stereocenters. The van der Waals surface area contributed by atoms with Crippen LogP contribution in [0.1, 0.15) is 12.0 Å². The van der Waals surface area contributed by atoms with Crippen LogP contribution in [-0.4, -0.2) is 30.0 Å². The van der Waals surface area contributed by atoms with Gasteiger partial charge in [0.15, 0.2) is 11.5 Å². The number of nitrogens with one attached hydrogen (secondary N) is 1. The Morgan fingerprint density at radius 1 is 1.38 bits per heavy atom. The summed E-state index contributed by atoms with van der Waals surface area (Å²) in [5.41, 5.74) is 0.905. The van der Waals surface area contributed by atoms with Crippen molar-refractivity contribution in [3.8, 4) is 11.5 Å². The molecule has 5 heteroatoms. The first kappa shape index (κ1) is 12.2. The van der Waals surface area contributed by atoms with E-state index in [2.05, 4.69) is 10.1 Å². The second-order valence-electron chi connectivity index (χ2n) is 3.34. The second-order valence-corrected chi connectivity index (χ2v) is 3.34. The molecule has 0 aliphatic carbocycles. The number of hydrogen-bond donors (Lipinski definition) is 3. The number of hydrogen-bond acceptors (Lipinski definition) is 4. The molecule has 88 valence electrons. The van der Waals surface area contributed by atoms with E-state index in [0.717, 1.165) is 12.0 Å². The summed E-state index contributed by atoms with van der Waals surface area (Å²) >= 11 is 0. The van der Waals surface area contributed by atoms with Crippen LogP contribution in [0.5, 0.6) is 11.5 Å². The molecule has 0 saturated heterocycles. The monoisotopic (exact) mass is 225 g/mol. The summed E-state index contributed by atoms with van der Waals surface area (Å²) in [6.45, 7) is 0.508. The first-order valence-electron chi connectivity index (χ1n) is 4.96. The largest absolute Gasteiger partial charge is 0.504 e. The maximum atomic E-state index is 10.7. The zero-order valence-electron chi connectivity index (χ0n) is 9.06. The Hall–Kier alpha value is -1.91. The first-order chi connectivity index (χ1) is 7.63. The third-order valence-electron chi connectivity index (χ3n) is 2.14. The third kappa shape index (κ3) is 3.68. The number of methoxy groups -OCH3 is 1. The number of benzene rings is 1. The number of carbonyl (C=O) groups excluding carboxylic acids is 1. The summed E-state index contributed by atoms with van der Waals surface area (Å²) in [5, 5.41) is 20.9. The summed E-state index contributed by atoms with van der Waals surface area (Å²) in [5.74, 6) is -0.255. The van der Waals surface area contributed by atoms with Crippen LogP contribution in [-0.2, 0) is 11.2 Å². The molecule has 16 heavy (non-hydrogen) atoms. The molecule has 0 aliphatic heterocycles. The van der Waals surface area contributed by atoms with Gasteiger partial charge in [-0.15, -0.1) is 0 Å². The fourth-order valence-electron chi connectivity index (χ4n) is 1.28. The van der Waals surface area contributed by atoms with Crippen molar-refractivity contribution in [3.05, 3.63) is 23.8 Å². The minimum Gasteiger partial charge on any atom is -0.504 e. The average Bonchev–Trinajstić information content (AvgIpc) is 2.28. The average molecular weight is 225 g/mol. The lowest BCUT2D eigenvalue weighted by atomic mass is 10.1. The maximum absolute atomic E-state index is 10.7. The number of rotatable bonds is 4. The van der Waals surface area contributed by atoms with Crippen LogP contribution in [0, 0.1) is 0 Å². The Kier molecular flexibility index (Phi) is 4.44. The fourth-order valence-corrected chi connectivity index (χ4v) is 1.28. The number of alkyl carbamates (subject to hydrolysis) is 1. The zero-order chi connectivity index (χ0) is 12.0. The summed E-state index contributed by atoms with van der Waals surface area (Å²) in [6.07, 6.45) is 0.991. The molecule has 0 bridgehead atoms. The van der Waals surface area contributed by atoms with E-state index in [1.165, 1.54) is 19.2 Å². The van der Waals surface area contributed by atoms with E-state index in [4.69, 9.17) is 5.11 Å². The molecular weight excluding hydrogens is 210 g/mol. The lowest BCUT2D eigenvalue weighted by Gasteiger charge is -2.05. The van der Waals surface area contributed by atoms with Crippen LogP contribution in [0.25, 0.3) is 0 Å². The van der Waals surface area contributed by atoms with Crippen molar-refractivity contribution < 1.29 is 19.7 Å². The van der Waals surface area contributed by atoms with E-state index < -0.39 is 6.09 Å². The van der Waals surface area contributed by atoms with E-state index in [1.54, 1.807) is 6.07 Å². The van der Waals surface area contributed by atoms with Crippen molar-refractivity contribution in [3.63, 3.8) is 0 Å². The summed E-state index contributed by atoms with van der Waals surface area (Å²) < 4.78 is 4.41. The van der Waals surface area contributed by atoms with E-state index in [0.29, 0.717) is 13.0 Å². The normalized spacial score (nSPS) is 9.81. The molecule has 0 radical (unpaired) electrons. The van der Waals surface area contributed by atoms with Gasteiger partial charge in [0.25, 0.3) is 0 Å². The Morgan fingerprint density at radius 2 is 2.12 bits per heavy atom. The highest BCUT2D eigenvalue weighted by Gasteiger charge is 2.01. The number of aromatic hydroxyl groups is 2. The third-order valence-corrected chi connectivity index (χ3v) is 2.14. The highest BCUT2D eigenvalue weighted by molar-refractivity contribution is 5.66. The van der Waals surface area contributed by atoms with Gasteiger partial charge in [-0.1, -0.05) is 6.07 Å². The second kappa shape index (κ2) is 5.85. The predicted octanol–water partition coefficient (Wildman–Crippen LogP) is 1.39. The Bertz CT molecular complexity index is 365. The molecule has 0 aliphatic rings. The minimum absolute atomic E-state index is 0.126. The molecule has 0 fully saturated rings. The molecule has 0 saturated carbocycles. The van der Waals surface area contributed by atoms with Crippen molar-refractivity contribution in [2.75, 3.05) is 13.7 Å². The molecule has 1 aromatic carbocycles. The summed E-state index contributed by atoms with van der Waals surface area (Å²) in [7, 11) is 1.31. The number of phenolic OH excluding ortho intramolecular Hbond substituents is 2. The molecule has 0 aromatic heterocycles. The van der Waals surface area contributed by atoms with E-state index in [1.807, 2.05) is 0 Å². The van der Waals surface area contributed by atoms with Crippen LogP contribution >= 0.6 is 0 Å². The predicted molar refractivity (Wildman–Crippen MR) is 58.5 cm³/mol. The van der Waals surface area contributed by atoms with Gasteiger partial charge in [0.05, 0.1) is 7.11 Å². The number of carbonyl (C=O) groups is 1. The van der Waals surface area contributed by atoms with Gasteiger partial charge in [-0.05, 0) is 30.5 Å². The first-order valence-corrected chi connectivity index (χ1v) is 4.96. The Labute approximate surface area is 93.7 Å². The molecule has 1 rings (SSSR count). The molecule has 0 heterocycles. The number of amides is 1. The highest BCUT2D eigenvalue weighted by Crippen LogP contribution is 2.25. The van der Waals surface area contributed by atoms with Crippen molar-refractivity contribution in [1.82, 2.24) is 5.32 Å². The van der Waals surface area contributed by atoms with Gasteiger partial charge in [0.1, 0.15) is 0 Å². The molecule has 3 N–H and O–H groups in total. The van der Waals surface area contributed by atoms with Gasteiger partial charge in [-0.2, -0.15) is 0 Å². The number of aryl methyl sites for hydroxylation is 1. The van der Waals surface area contributed by atoms with Crippen LogP contribution in [0.3, 0.4) is 0 Å². The van der Waals surface area contributed by atoms with Crippen LogP contribution in [0.4, 0.5) is 4.79 Å². The number of ether oxygens (including phenoxy) is 1. The van der Waals surface area contributed by atoms with Gasteiger partial charge in [-0.25, -0.2) is 4.79 Å². The van der Waals surface area contributed by atoms with Crippen molar-refractivity contribution in [2.24, 2.45) is 0 Å². The Morgan fingerprint density at radius 3 is 2.75 bits per heavy atom. The van der Waals surface area contributed by atoms with Crippen molar-refractivity contribution >= 4 is 6.09 Å². The number of phenols is 2. The van der Waals surface area contributed by atoms with E-state index in [-0.39, 0.29) is 11.5 Å². The van der Waals surface area contributed by atoms with E-state index in [9.17, 15) is 9.90 Å². The van der Waals surface area contributed by atoms with Crippen LogP contribution in [0.15, 0.2) is 18.2 Å². The highest BCUT2D eigenvalue weighted by atomic mass is 16.5. The topological polar surface area (TPSA) is 78.8 Å². The van der Waals surface area contributed by atoms with Gasteiger partial charge in [0, 0.05) is 6.54 Å².